The summed E-state index contributed by atoms with van der Waals surface area (Å²) >= 11 is 1.04. The van der Waals surface area contributed by atoms with E-state index in [1.807, 2.05) is 30.3 Å². The van der Waals surface area contributed by atoms with E-state index in [-0.39, 0.29) is 12.1 Å². The fourth-order valence-electron chi connectivity index (χ4n) is 2.02. The second kappa shape index (κ2) is 8.38. The summed E-state index contributed by atoms with van der Waals surface area (Å²) in [6, 6.07) is 12.1. The smallest absolute Gasteiger partial charge is 0.326 e. The highest BCUT2D eigenvalue weighted by Gasteiger charge is 2.09. The second-order valence-corrected chi connectivity index (χ2v) is 5.64. The lowest BCUT2D eigenvalue weighted by Crippen LogP contribution is -2.39. The molecule has 0 radical (unpaired) electrons. The van der Waals surface area contributed by atoms with Gasteiger partial charge in [-0.3, -0.25) is 4.72 Å². The zero-order valence-corrected chi connectivity index (χ0v) is 13.3. The van der Waals surface area contributed by atoms with Crippen molar-refractivity contribution in [2.24, 2.45) is 0 Å². The molecule has 2 aromatic rings. The molecule has 2 aromatic carbocycles. The van der Waals surface area contributed by atoms with Crippen molar-refractivity contribution in [3.05, 3.63) is 65.7 Å². The summed E-state index contributed by atoms with van der Waals surface area (Å²) in [5.74, 6) is -1.25. The molecule has 0 fully saturated rings. The summed E-state index contributed by atoms with van der Waals surface area (Å²) in [7, 11) is 0. The molecule has 0 aromatic heterocycles. The molecule has 0 aliphatic rings. The van der Waals surface area contributed by atoms with Crippen LogP contribution >= 0.6 is 12.1 Å². The SMILES string of the molecule is CC(Cc1cc(F)cc(F)c1)NC(=O)NSNc1ccccc1. The average molecular weight is 337 g/mol. The minimum absolute atomic E-state index is 0.270. The number of amides is 2. The maximum atomic E-state index is 13.1. The van der Waals surface area contributed by atoms with Crippen LogP contribution in [0.15, 0.2) is 48.5 Å². The summed E-state index contributed by atoms with van der Waals surface area (Å²) in [6.07, 6.45) is 0.332. The zero-order valence-electron chi connectivity index (χ0n) is 12.5. The predicted octanol–water partition coefficient (Wildman–Crippen LogP) is 3.87. The van der Waals surface area contributed by atoms with Crippen LogP contribution in [0.4, 0.5) is 19.3 Å². The quantitative estimate of drug-likeness (QED) is 0.702. The molecule has 2 rings (SSSR count). The Bertz CT molecular complexity index is 635. The maximum Gasteiger partial charge on any atom is 0.326 e. The van der Waals surface area contributed by atoms with E-state index >= 15 is 0 Å². The Labute approximate surface area is 137 Å². The van der Waals surface area contributed by atoms with Gasteiger partial charge in [0, 0.05) is 17.8 Å². The van der Waals surface area contributed by atoms with Gasteiger partial charge in [-0.25, -0.2) is 13.6 Å². The number of carbonyl (C=O) groups is 1. The molecule has 0 saturated heterocycles. The number of para-hydroxylation sites is 1. The van der Waals surface area contributed by atoms with Crippen molar-refractivity contribution in [1.29, 1.82) is 0 Å². The Kier molecular flexibility index (Phi) is 6.22. The molecule has 122 valence electrons. The minimum Gasteiger partial charge on any atom is -0.335 e. The Hall–Kier alpha value is -2.28. The molecule has 1 atom stereocenters. The van der Waals surface area contributed by atoms with Gasteiger partial charge in [0.1, 0.15) is 11.6 Å². The van der Waals surface area contributed by atoms with Crippen LogP contribution in [0, 0.1) is 11.6 Å². The van der Waals surface area contributed by atoms with E-state index in [0.29, 0.717) is 12.0 Å². The summed E-state index contributed by atoms with van der Waals surface area (Å²) in [4.78, 5) is 11.7. The van der Waals surface area contributed by atoms with Gasteiger partial charge in [0.15, 0.2) is 0 Å². The first-order chi connectivity index (χ1) is 11.0. The lowest BCUT2D eigenvalue weighted by molar-refractivity contribution is 0.243. The van der Waals surface area contributed by atoms with Gasteiger partial charge < -0.3 is 10.0 Å². The van der Waals surface area contributed by atoms with E-state index in [1.54, 1.807) is 6.92 Å². The minimum atomic E-state index is -0.626. The van der Waals surface area contributed by atoms with Gasteiger partial charge in [-0.2, -0.15) is 0 Å². The van der Waals surface area contributed by atoms with E-state index in [1.165, 1.54) is 12.1 Å². The number of carbonyl (C=O) groups excluding carboxylic acids is 1. The van der Waals surface area contributed by atoms with Crippen molar-refractivity contribution in [2.45, 2.75) is 19.4 Å². The Morgan fingerprint density at radius 1 is 1.13 bits per heavy atom. The number of rotatable bonds is 6. The first-order valence-corrected chi connectivity index (χ1v) is 7.83. The summed E-state index contributed by atoms with van der Waals surface area (Å²) in [5, 5.41) is 2.70. The highest BCUT2D eigenvalue weighted by molar-refractivity contribution is 7.99. The van der Waals surface area contributed by atoms with Gasteiger partial charge in [-0.15, -0.1) is 0 Å². The molecule has 0 spiro atoms. The van der Waals surface area contributed by atoms with Crippen LogP contribution in [0.3, 0.4) is 0 Å². The predicted molar refractivity (Wildman–Crippen MR) is 88.8 cm³/mol. The molecule has 4 nitrogen and oxygen atoms in total. The highest BCUT2D eigenvalue weighted by atomic mass is 32.2. The van der Waals surface area contributed by atoms with E-state index in [0.717, 1.165) is 23.9 Å². The molecular weight excluding hydrogens is 320 g/mol. The van der Waals surface area contributed by atoms with Crippen LogP contribution in [0.25, 0.3) is 0 Å². The van der Waals surface area contributed by atoms with Gasteiger partial charge in [0.25, 0.3) is 0 Å². The molecule has 2 amide bonds. The van der Waals surface area contributed by atoms with Crippen LogP contribution in [0.2, 0.25) is 0 Å². The van der Waals surface area contributed by atoms with E-state index < -0.39 is 11.6 Å². The second-order valence-electron chi connectivity index (χ2n) is 5.03. The Balaban J connectivity index is 1.74. The lowest BCUT2D eigenvalue weighted by atomic mass is 10.1. The molecule has 0 saturated carbocycles. The standard InChI is InChI=1S/C16H17F2N3OS/c1-11(7-12-8-13(17)10-14(18)9-12)19-16(22)21-23-20-15-5-3-2-4-6-15/h2-6,8-11,20H,7H2,1H3,(H2,19,21,22). The Morgan fingerprint density at radius 2 is 1.78 bits per heavy atom. The molecule has 0 bridgehead atoms. The van der Waals surface area contributed by atoms with Gasteiger partial charge in [0.2, 0.25) is 0 Å². The van der Waals surface area contributed by atoms with Crippen molar-refractivity contribution < 1.29 is 13.6 Å². The topological polar surface area (TPSA) is 53.2 Å². The number of urea groups is 1. The lowest BCUT2D eigenvalue weighted by Gasteiger charge is -2.14. The van der Waals surface area contributed by atoms with Crippen molar-refractivity contribution in [3.63, 3.8) is 0 Å². The third kappa shape index (κ3) is 6.15. The highest BCUT2D eigenvalue weighted by Crippen LogP contribution is 2.11. The van der Waals surface area contributed by atoms with Gasteiger partial charge in [-0.05, 0) is 43.2 Å². The number of nitrogens with one attached hydrogen (secondary N) is 3. The first-order valence-electron chi connectivity index (χ1n) is 7.01. The molecule has 0 heterocycles. The van der Waals surface area contributed by atoms with Crippen molar-refractivity contribution in [2.75, 3.05) is 4.72 Å². The van der Waals surface area contributed by atoms with E-state index in [9.17, 15) is 13.6 Å². The zero-order chi connectivity index (χ0) is 16.7. The average Bonchev–Trinajstić information content (AvgIpc) is 2.47. The first kappa shape index (κ1) is 17.1. The number of halogens is 2. The van der Waals surface area contributed by atoms with E-state index in [4.69, 9.17) is 0 Å². The van der Waals surface area contributed by atoms with Crippen molar-refractivity contribution >= 4 is 23.9 Å². The molecule has 0 aliphatic heterocycles. The fourth-order valence-corrected chi connectivity index (χ4v) is 2.48. The van der Waals surface area contributed by atoms with Crippen LogP contribution in [-0.4, -0.2) is 12.1 Å². The van der Waals surface area contributed by atoms with Crippen molar-refractivity contribution in [1.82, 2.24) is 10.0 Å². The maximum absolute atomic E-state index is 13.1. The number of anilines is 1. The number of hydrogen-bond donors (Lipinski definition) is 3. The van der Waals surface area contributed by atoms with Gasteiger partial charge in [-0.1, -0.05) is 18.2 Å². The van der Waals surface area contributed by atoms with Gasteiger partial charge >= 0.3 is 6.03 Å². The van der Waals surface area contributed by atoms with Crippen LogP contribution in [0.5, 0.6) is 0 Å². The van der Waals surface area contributed by atoms with E-state index in [2.05, 4.69) is 14.8 Å². The van der Waals surface area contributed by atoms with Crippen LogP contribution < -0.4 is 14.8 Å². The molecular formula is C16H17F2N3OS. The van der Waals surface area contributed by atoms with Gasteiger partial charge in [0.05, 0.1) is 12.1 Å². The normalized spacial score (nSPS) is 11.6. The third-order valence-electron chi connectivity index (χ3n) is 2.93. The summed E-state index contributed by atoms with van der Waals surface area (Å²) in [5.41, 5.74) is 1.35. The third-order valence-corrected chi connectivity index (χ3v) is 3.55. The number of hydrogen-bond acceptors (Lipinski definition) is 3. The Morgan fingerprint density at radius 3 is 2.43 bits per heavy atom. The molecule has 0 aliphatic carbocycles. The van der Waals surface area contributed by atoms with Crippen molar-refractivity contribution in [3.8, 4) is 0 Å². The molecule has 3 N–H and O–H groups in total. The number of benzene rings is 2. The molecule has 7 heteroatoms. The molecule has 23 heavy (non-hydrogen) atoms. The summed E-state index contributed by atoms with van der Waals surface area (Å²) < 4.78 is 31.8. The summed E-state index contributed by atoms with van der Waals surface area (Å²) in [6.45, 7) is 1.76. The van der Waals surface area contributed by atoms with Crippen LogP contribution in [-0.2, 0) is 6.42 Å². The molecule has 1 unspecified atom stereocenters. The van der Waals surface area contributed by atoms with Crippen LogP contribution in [0.1, 0.15) is 12.5 Å². The largest absolute Gasteiger partial charge is 0.335 e. The monoisotopic (exact) mass is 337 g/mol. The fraction of sp³-hybridized carbons (Fsp3) is 0.188.